The summed E-state index contributed by atoms with van der Waals surface area (Å²) in [5.74, 6) is 1.65. The van der Waals surface area contributed by atoms with Crippen molar-refractivity contribution in [1.29, 1.82) is 0 Å². The minimum atomic E-state index is -0.168. The fraction of sp³-hybridized carbons (Fsp3) is 0.611. The summed E-state index contributed by atoms with van der Waals surface area (Å²) in [7, 11) is 3.09. The lowest BCUT2D eigenvalue weighted by Gasteiger charge is -2.25. The Kier molecular flexibility index (Phi) is 4.87. The number of methoxy groups -OCH3 is 2. The third kappa shape index (κ3) is 3.51. The summed E-state index contributed by atoms with van der Waals surface area (Å²) >= 11 is 0. The Morgan fingerprint density at radius 2 is 1.87 bits per heavy atom. The summed E-state index contributed by atoms with van der Waals surface area (Å²) in [6.45, 7) is 3.39. The molecule has 0 aromatic heterocycles. The van der Waals surface area contributed by atoms with Crippen molar-refractivity contribution in [2.75, 3.05) is 20.8 Å². The molecule has 0 N–H and O–H groups in total. The summed E-state index contributed by atoms with van der Waals surface area (Å²) in [6, 6.07) is 7.87. The maximum atomic E-state index is 11.6. The van der Waals surface area contributed by atoms with Crippen molar-refractivity contribution in [3.63, 3.8) is 0 Å². The zero-order valence-corrected chi connectivity index (χ0v) is 13.9. The highest BCUT2D eigenvalue weighted by molar-refractivity contribution is 5.69. The van der Waals surface area contributed by atoms with Gasteiger partial charge in [-0.05, 0) is 29.5 Å². The van der Waals surface area contributed by atoms with Gasteiger partial charge in [0.1, 0.15) is 5.75 Å². The summed E-state index contributed by atoms with van der Waals surface area (Å²) in [5, 5.41) is 0. The number of hydrogen-bond donors (Lipinski definition) is 0. The van der Waals surface area contributed by atoms with Gasteiger partial charge in [-0.3, -0.25) is 4.79 Å². The van der Waals surface area contributed by atoms with Crippen LogP contribution in [0.5, 0.6) is 5.75 Å². The highest BCUT2D eigenvalue weighted by atomic mass is 16.6. The number of esters is 1. The second-order valence-electron chi connectivity index (χ2n) is 6.40. The lowest BCUT2D eigenvalue weighted by atomic mass is 9.87. The molecule has 2 fully saturated rings. The molecule has 0 unspecified atom stereocenters. The van der Waals surface area contributed by atoms with Crippen LogP contribution in [0, 0.1) is 17.8 Å². The molecule has 0 spiro atoms. The van der Waals surface area contributed by atoms with E-state index >= 15 is 0 Å². The minimum absolute atomic E-state index is 0.168. The highest BCUT2D eigenvalue weighted by Crippen LogP contribution is 2.52. The molecule has 5 atom stereocenters. The summed E-state index contributed by atoms with van der Waals surface area (Å²) < 4.78 is 21.5. The third-order valence-electron chi connectivity index (χ3n) is 5.10. The van der Waals surface area contributed by atoms with E-state index in [0.717, 1.165) is 11.3 Å². The monoisotopic (exact) mass is 320 g/mol. The van der Waals surface area contributed by atoms with Crippen molar-refractivity contribution in [3.8, 4) is 5.75 Å². The van der Waals surface area contributed by atoms with Crippen LogP contribution in [0.2, 0.25) is 0 Å². The molecule has 0 bridgehead atoms. The number of carbonyl (C=O) groups is 1. The number of hydrogen-bond acceptors (Lipinski definition) is 5. The minimum Gasteiger partial charge on any atom is -0.497 e. The van der Waals surface area contributed by atoms with Gasteiger partial charge in [0.05, 0.1) is 46.1 Å². The maximum Gasteiger partial charge on any atom is 0.305 e. The fourth-order valence-electron chi connectivity index (χ4n) is 3.63. The number of fused-ring (bicyclic) bond motifs is 1. The van der Waals surface area contributed by atoms with E-state index in [4.69, 9.17) is 18.9 Å². The first-order valence-electron chi connectivity index (χ1n) is 8.07. The molecule has 126 valence electrons. The molecule has 2 aliphatic rings. The first-order valence-corrected chi connectivity index (χ1v) is 8.07. The average Bonchev–Trinajstić information content (AvgIpc) is 3.32. The van der Waals surface area contributed by atoms with Crippen molar-refractivity contribution in [3.05, 3.63) is 29.8 Å². The summed E-state index contributed by atoms with van der Waals surface area (Å²) in [4.78, 5) is 11.6. The molecule has 5 nitrogen and oxygen atoms in total. The van der Waals surface area contributed by atoms with E-state index < -0.39 is 0 Å². The molecule has 1 saturated carbocycles. The Bertz CT molecular complexity index is 541. The van der Waals surface area contributed by atoms with Gasteiger partial charge in [0.25, 0.3) is 0 Å². The van der Waals surface area contributed by atoms with Gasteiger partial charge in [0.2, 0.25) is 0 Å². The van der Waals surface area contributed by atoms with Gasteiger partial charge in [-0.2, -0.15) is 0 Å². The topological polar surface area (TPSA) is 57.3 Å². The van der Waals surface area contributed by atoms with E-state index in [1.807, 2.05) is 24.3 Å². The molecule has 0 amide bonds. The van der Waals surface area contributed by atoms with Crippen LogP contribution in [0.4, 0.5) is 0 Å². The molecule has 3 rings (SSSR count). The zero-order valence-electron chi connectivity index (χ0n) is 13.9. The van der Waals surface area contributed by atoms with Crippen LogP contribution in [0.1, 0.15) is 18.9 Å². The zero-order chi connectivity index (χ0) is 16.4. The first kappa shape index (κ1) is 16.3. The Morgan fingerprint density at radius 1 is 1.13 bits per heavy atom. The quantitative estimate of drug-likeness (QED) is 0.570. The standard InChI is InChI=1S/C18H24O5/c1-11-15(14(8-16(19)21-3)18-17(11)23-18)10-22-9-12-4-6-13(20-2)7-5-12/h4-7,11,14-15,17-18H,8-10H2,1-3H3/t11-,14-,15-,17-,18+/m1/s1. The van der Waals surface area contributed by atoms with Crippen LogP contribution in [-0.4, -0.2) is 39.0 Å². The third-order valence-corrected chi connectivity index (χ3v) is 5.10. The van der Waals surface area contributed by atoms with Crippen molar-refractivity contribution in [2.45, 2.75) is 32.2 Å². The van der Waals surface area contributed by atoms with Gasteiger partial charge in [0.15, 0.2) is 0 Å². The molecular weight excluding hydrogens is 296 g/mol. The average molecular weight is 320 g/mol. The van der Waals surface area contributed by atoms with E-state index in [2.05, 4.69) is 6.92 Å². The molecule has 1 aliphatic carbocycles. The Labute approximate surface area is 136 Å². The van der Waals surface area contributed by atoms with Crippen LogP contribution in [0.3, 0.4) is 0 Å². The van der Waals surface area contributed by atoms with Crippen LogP contribution in [0.25, 0.3) is 0 Å². The number of rotatable bonds is 7. The predicted molar refractivity (Wildman–Crippen MR) is 84.1 cm³/mol. The lowest BCUT2D eigenvalue weighted by Crippen LogP contribution is -2.27. The lowest BCUT2D eigenvalue weighted by molar-refractivity contribution is -0.142. The number of benzene rings is 1. The smallest absolute Gasteiger partial charge is 0.305 e. The van der Waals surface area contributed by atoms with E-state index in [1.54, 1.807) is 7.11 Å². The Hall–Kier alpha value is -1.59. The Balaban J connectivity index is 1.52. The van der Waals surface area contributed by atoms with Gasteiger partial charge in [-0.15, -0.1) is 0 Å². The molecule has 1 saturated heterocycles. The van der Waals surface area contributed by atoms with Crippen LogP contribution < -0.4 is 4.74 Å². The van der Waals surface area contributed by atoms with Crippen molar-refractivity contribution in [1.82, 2.24) is 0 Å². The normalized spacial score (nSPS) is 31.5. The summed E-state index contributed by atoms with van der Waals surface area (Å²) in [6.07, 6.45) is 0.913. The molecule has 1 aromatic carbocycles. The Morgan fingerprint density at radius 3 is 2.52 bits per heavy atom. The van der Waals surface area contributed by atoms with Crippen molar-refractivity contribution in [2.24, 2.45) is 17.8 Å². The van der Waals surface area contributed by atoms with Gasteiger partial charge in [-0.25, -0.2) is 0 Å². The molecule has 23 heavy (non-hydrogen) atoms. The first-order chi connectivity index (χ1) is 11.1. The predicted octanol–water partition coefficient (Wildman–Crippen LogP) is 2.42. The van der Waals surface area contributed by atoms with Crippen LogP contribution in [-0.2, 0) is 25.6 Å². The van der Waals surface area contributed by atoms with Crippen LogP contribution in [0.15, 0.2) is 24.3 Å². The number of ether oxygens (including phenoxy) is 4. The number of carbonyl (C=O) groups excluding carboxylic acids is 1. The molecule has 0 radical (unpaired) electrons. The van der Waals surface area contributed by atoms with Crippen molar-refractivity contribution < 1.29 is 23.7 Å². The number of epoxide rings is 1. The van der Waals surface area contributed by atoms with Crippen LogP contribution >= 0.6 is 0 Å². The van der Waals surface area contributed by atoms with E-state index in [9.17, 15) is 4.79 Å². The SMILES string of the molecule is COC(=O)C[C@@H]1[C@H](COCc2ccc(OC)cc2)[C@@H](C)[C@H]2O[C@@H]12. The second-order valence-corrected chi connectivity index (χ2v) is 6.40. The maximum absolute atomic E-state index is 11.6. The van der Waals surface area contributed by atoms with E-state index in [-0.39, 0.29) is 18.0 Å². The molecule has 1 heterocycles. The van der Waals surface area contributed by atoms with Crippen molar-refractivity contribution >= 4 is 5.97 Å². The van der Waals surface area contributed by atoms with Gasteiger partial charge in [0, 0.05) is 5.92 Å². The summed E-state index contributed by atoms with van der Waals surface area (Å²) in [5.41, 5.74) is 1.11. The highest BCUT2D eigenvalue weighted by Gasteiger charge is 2.60. The van der Waals surface area contributed by atoms with E-state index in [1.165, 1.54) is 7.11 Å². The molecule has 5 heteroatoms. The fourth-order valence-corrected chi connectivity index (χ4v) is 3.63. The molecule has 1 aromatic rings. The largest absolute Gasteiger partial charge is 0.497 e. The molecular formula is C18H24O5. The van der Waals surface area contributed by atoms with Gasteiger partial charge in [-0.1, -0.05) is 19.1 Å². The van der Waals surface area contributed by atoms with E-state index in [0.29, 0.717) is 37.6 Å². The van der Waals surface area contributed by atoms with Gasteiger partial charge >= 0.3 is 5.97 Å². The van der Waals surface area contributed by atoms with Gasteiger partial charge < -0.3 is 18.9 Å². The second kappa shape index (κ2) is 6.89. The molecule has 1 aliphatic heterocycles.